The smallest absolute Gasteiger partial charge is 0.145 e. The number of allylic oxidation sites excluding steroid dienone is 7. The van der Waals surface area contributed by atoms with Gasteiger partial charge in [0, 0.05) is 43.7 Å². The molecule has 2 bridgehead atoms. The number of aliphatic hydroxyl groups excluding tert-OH is 3. The molecule has 2 saturated carbocycles. The molecule has 0 aromatic heterocycles. The van der Waals surface area contributed by atoms with Crippen LogP contribution in [0.1, 0.15) is 108 Å². The predicted octanol–water partition coefficient (Wildman–Crippen LogP) is 8.12. The fourth-order valence-corrected chi connectivity index (χ4v) is 11.2. The number of ether oxygens (including phenoxy) is 1. The van der Waals surface area contributed by atoms with E-state index in [1.54, 1.807) is 7.11 Å². The number of hydrogen-bond acceptors (Lipinski definition) is 8. The van der Waals surface area contributed by atoms with Gasteiger partial charge in [-0.15, -0.1) is 0 Å². The minimum Gasteiger partial charge on any atom is -0.396 e. The van der Waals surface area contributed by atoms with Crippen LogP contribution < -0.4 is 10.6 Å². The van der Waals surface area contributed by atoms with Gasteiger partial charge in [0.2, 0.25) is 0 Å². The Labute approximate surface area is 367 Å². The molecule has 8 atom stereocenters. The van der Waals surface area contributed by atoms with Crippen LogP contribution in [0.2, 0.25) is 0 Å². The molecule has 0 saturated heterocycles. The molecular formula is C53H76N2O6. The van der Waals surface area contributed by atoms with Crippen LogP contribution in [-0.4, -0.2) is 91.0 Å². The van der Waals surface area contributed by atoms with Crippen LogP contribution in [0.4, 0.5) is 0 Å². The Balaban J connectivity index is 1.49. The number of methoxy groups -OCH3 is 1. The molecule has 1 aliphatic heterocycles. The first-order chi connectivity index (χ1) is 29.4. The van der Waals surface area contributed by atoms with E-state index in [1.807, 2.05) is 26.1 Å². The second-order valence-corrected chi connectivity index (χ2v) is 18.7. The Hall–Kier alpha value is -3.47. The van der Waals surface area contributed by atoms with Crippen LogP contribution in [0.25, 0.3) is 0 Å². The lowest BCUT2D eigenvalue weighted by Crippen LogP contribution is -2.61. The minimum absolute atomic E-state index is 0.00888. The second kappa shape index (κ2) is 22.8. The molecule has 8 nitrogen and oxygen atoms in total. The number of aryl methyl sites for hydroxylation is 1. The third-order valence-corrected chi connectivity index (χ3v) is 14.8. The van der Waals surface area contributed by atoms with Gasteiger partial charge in [-0.05, 0) is 157 Å². The molecule has 2 fully saturated rings. The van der Waals surface area contributed by atoms with E-state index < -0.39 is 17.1 Å². The molecule has 1 spiro atoms. The highest BCUT2D eigenvalue weighted by Crippen LogP contribution is 2.64. The van der Waals surface area contributed by atoms with Gasteiger partial charge in [0.05, 0.1) is 18.3 Å². The van der Waals surface area contributed by atoms with Gasteiger partial charge in [-0.2, -0.15) is 0 Å². The molecule has 61 heavy (non-hydrogen) atoms. The summed E-state index contributed by atoms with van der Waals surface area (Å²) in [7, 11) is 3.63. The van der Waals surface area contributed by atoms with E-state index in [4.69, 9.17) is 11.3 Å². The third-order valence-electron chi connectivity index (χ3n) is 14.8. The first-order valence-corrected chi connectivity index (χ1v) is 22.9. The van der Waals surface area contributed by atoms with E-state index in [-0.39, 0.29) is 42.4 Å². The molecule has 6 N–H and O–H groups in total. The first kappa shape index (κ1) is 48.6. The van der Waals surface area contributed by atoms with Gasteiger partial charge in [0.25, 0.3) is 0 Å². The average Bonchev–Trinajstić information content (AvgIpc) is 3.61. The summed E-state index contributed by atoms with van der Waals surface area (Å²) in [6.45, 7) is 12.9. The fraction of sp³-hybridized carbons (Fsp3) is 0.566. The number of benzene rings is 2. The Morgan fingerprint density at radius 2 is 1.85 bits per heavy atom. The Kier molecular flexibility index (Phi) is 18.1. The van der Waals surface area contributed by atoms with Crippen LogP contribution >= 0.6 is 0 Å². The maximum atomic E-state index is 12.6. The zero-order chi connectivity index (χ0) is 44.0. The Bertz CT molecular complexity index is 1870. The third kappa shape index (κ3) is 11.6. The highest BCUT2D eigenvalue weighted by atomic mass is 16.5. The van der Waals surface area contributed by atoms with Gasteiger partial charge in [0.15, 0.2) is 0 Å². The lowest BCUT2D eigenvalue weighted by Gasteiger charge is -2.57. The minimum atomic E-state index is -1.19. The van der Waals surface area contributed by atoms with E-state index in [9.17, 15) is 25.2 Å². The zero-order valence-corrected chi connectivity index (χ0v) is 37.8. The average molecular weight is 837 g/mol. The van der Waals surface area contributed by atoms with Crippen LogP contribution in [0.3, 0.4) is 0 Å². The van der Waals surface area contributed by atoms with E-state index >= 15 is 0 Å². The van der Waals surface area contributed by atoms with Crippen molar-refractivity contribution in [2.45, 2.75) is 121 Å². The number of aldehydes is 1. The van der Waals surface area contributed by atoms with Crippen molar-refractivity contribution in [2.75, 3.05) is 47.1 Å². The molecular weight excluding hydrogens is 761 g/mol. The van der Waals surface area contributed by atoms with Crippen molar-refractivity contribution in [3.63, 3.8) is 0 Å². The summed E-state index contributed by atoms with van der Waals surface area (Å²) in [5.41, 5.74) is 6.34. The van der Waals surface area contributed by atoms with Crippen molar-refractivity contribution in [3.8, 4) is 0 Å². The zero-order valence-electron chi connectivity index (χ0n) is 37.8. The molecule has 8 heteroatoms. The normalized spacial score (nSPS) is 30.8. The van der Waals surface area contributed by atoms with Crippen molar-refractivity contribution < 1.29 is 30.0 Å². The molecule has 0 amide bonds. The monoisotopic (exact) mass is 837 g/mol. The summed E-state index contributed by atoms with van der Waals surface area (Å²) >= 11 is 0. The molecule has 1 heterocycles. The van der Waals surface area contributed by atoms with E-state index in [0.717, 1.165) is 61.7 Å². The summed E-state index contributed by atoms with van der Waals surface area (Å²) in [6, 6.07) is 19.8. The van der Waals surface area contributed by atoms with Crippen molar-refractivity contribution in [2.24, 2.45) is 23.2 Å². The van der Waals surface area contributed by atoms with E-state index in [0.29, 0.717) is 63.7 Å². The lowest BCUT2D eigenvalue weighted by atomic mass is 9.51. The molecule has 0 unspecified atom stereocenters. The number of carbonyl (C=O) groups is 1. The van der Waals surface area contributed by atoms with Crippen molar-refractivity contribution in [3.05, 3.63) is 130 Å². The number of rotatable bonds is 18. The summed E-state index contributed by atoms with van der Waals surface area (Å²) in [5.74, 6) is -0.342. The lowest BCUT2D eigenvalue weighted by molar-refractivity contribution is -0.180. The van der Waals surface area contributed by atoms with Crippen molar-refractivity contribution >= 4 is 6.29 Å². The number of fused-ring (bicyclic) bond motifs is 2. The highest BCUT2D eigenvalue weighted by Gasteiger charge is 2.65. The Morgan fingerprint density at radius 1 is 1.07 bits per heavy atom. The topological polar surface area (TPSA) is 131 Å². The molecule has 0 radical (unpaired) electrons. The van der Waals surface area contributed by atoms with E-state index in [1.165, 1.54) is 22.3 Å². The van der Waals surface area contributed by atoms with Crippen LogP contribution in [0.5, 0.6) is 0 Å². The molecule has 2 aliphatic carbocycles. The summed E-state index contributed by atoms with van der Waals surface area (Å²) in [4.78, 5) is 12.2. The first-order valence-electron chi connectivity index (χ1n) is 22.9. The SMILES string of the molecule is C=C(C=CC=C(CO)[C@H]1CC[C@]2([C@@H]1O)[C@@H](CCCO)C(=C(C)C=O)CC[C@]2(O)CCNC)[C@@H]1CC=C(C)CN[C@](C)(CCOC)Cc2cccc(c2)[C@H]1CCc1ccccc1. The van der Waals surface area contributed by atoms with Gasteiger partial charge in [-0.25, -0.2) is 0 Å². The summed E-state index contributed by atoms with van der Waals surface area (Å²) in [5, 5.41) is 53.2. The van der Waals surface area contributed by atoms with Gasteiger partial charge >= 0.3 is 0 Å². The van der Waals surface area contributed by atoms with E-state index in [2.05, 4.69) is 91.2 Å². The molecule has 334 valence electrons. The quantitative estimate of drug-likeness (QED) is 0.0385. The number of nitrogens with one attached hydrogen (secondary N) is 2. The standard InChI is InChI=1S/C53H76N2O6/c1-38-20-22-45(47(23-21-41-14-8-7-9-15-41)43-17-11-16-42(33-43)34-51(4,55-35-38)29-32-61-6)39(2)13-10-18-44(37-58)48-25-27-53(50(48)59)49(19-12-31-56)46(40(3)36-57)24-26-52(53,60)28-30-54-5/h7-11,13-18,20,33,36,45,47-50,54-56,58-60H,2,12,19,21-32,34-35,37H2,1,3-6H3/t45-,47+,48+,49-,50+,51+,52-,53+/m0/s1. The molecule has 2 aromatic carbocycles. The number of aliphatic hydroxyl groups is 4. The second-order valence-electron chi connectivity index (χ2n) is 18.7. The van der Waals surface area contributed by atoms with Crippen molar-refractivity contribution in [1.29, 1.82) is 0 Å². The van der Waals surface area contributed by atoms with Crippen molar-refractivity contribution in [1.82, 2.24) is 10.6 Å². The number of carbonyl (C=O) groups excluding carboxylic acids is 1. The summed E-state index contributed by atoms with van der Waals surface area (Å²) < 4.78 is 5.53. The largest absolute Gasteiger partial charge is 0.396 e. The molecule has 5 rings (SSSR count). The predicted molar refractivity (Wildman–Crippen MR) is 248 cm³/mol. The maximum Gasteiger partial charge on any atom is 0.145 e. The van der Waals surface area contributed by atoms with Crippen LogP contribution in [0, 0.1) is 23.2 Å². The maximum absolute atomic E-state index is 12.6. The van der Waals surface area contributed by atoms with Gasteiger partial charge < -0.3 is 35.8 Å². The molecule has 3 aliphatic rings. The number of hydrogen-bond donors (Lipinski definition) is 6. The summed E-state index contributed by atoms with van der Waals surface area (Å²) in [6.07, 6.45) is 16.6. The van der Waals surface area contributed by atoms with Gasteiger partial charge in [-0.1, -0.05) is 102 Å². The van der Waals surface area contributed by atoms with Gasteiger partial charge in [-0.3, -0.25) is 4.79 Å². The van der Waals surface area contributed by atoms with Gasteiger partial charge in [0.1, 0.15) is 6.29 Å². The highest BCUT2D eigenvalue weighted by molar-refractivity contribution is 5.74. The van der Waals surface area contributed by atoms with Crippen LogP contribution in [0.15, 0.2) is 113 Å². The van der Waals surface area contributed by atoms with Crippen LogP contribution in [-0.2, 0) is 22.4 Å². The molecule has 2 aromatic rings. The fourth-order valence-electron chi connectivity index (χ4n) is 11.2. The Morgan fingerprint density at radius 3 is 2.56 bits per heavy atom.